The average Bonchev–Trinajstić information content (AvgIpc) is 2.89. The van der Waals surface area contributed by atoms with E-state index in [4.69, 9.17) is 9.84 Å². The molecule has 3 heterocycles. The number of nitrogens with zero attached hydrogens (tertiary/aromatic N) is 3. The first-order valence-electron chi connectivity index (χ1n) is 8.10. The molecule has 2 aromatic heterocycles. The van der Waals surface area contributed by atoms with Crippen LogP contribution in [0.4, 0.5) is 5.69 Å². The summed E-state index contributed by atoms with van der Waals surface area (Å²) in [6.45, 7) is 4.57. The molecule has 0 aliphatic carbocycles. The fraction of sp³-hybridized carbons (Fsp3) is 0.211. The number of pyridine rings is 1. The van der Waals surface area contributed by atoms with Crippen LogP contribution in [0.15, 0.2) is 42.7 Å². The summed E-state index contributed by atoms with van der Waals surface area (Å²) in [5.74, 6) is 0.674. The number of fused-ring (bicyclic) bond motifs is 2. The number of aryl methyl sites for hydroxylation is 1. The van der Waals surface area contributed by atoms with Crippen LogP contribution in [0.5, 0.6) is 5.75 Å². The molecule has 126 valence electrons. The second kappa shape index (κ2) is 6.05. The van der Waals surface area contributed by atoms with Crippen molar-refractivity contribution >= 4 is 11.6 Å². The van der Waals surface area contributed by atoms with Gasteiger partial charge >= 0.3 is 0 Å². The molecule has 4 rings (SSSR count). The van der Waals surface area contributed by atoms with Crippen molar-refractivity contribution in [3.8, 4) is 17.0 Å². The maximum atomic E-state index is 11.2. The van der Waals surface area contributed by atoms with Crippen molar-refractivity contribution in [1.82, 2.24) is 14.8 Å². The molecule has 0 unspecified atom stereocenters. The summed E-state index contributed by atoms with van der Waals surface area (Å²) in [5.41, 5.74) is 5.78. The number of rotatable bonds is 2. The molecule has 1 aromatic carbocycles. The summed E-state index contributed by atoms with van der Waals surface area (Å²) in [4.78, 5) is 15.5. The van der Waals surface area contributed by atoms with Crippen LogP contribution >= 0.6 is 0 Å². The zero-order valence-electron chi connectivity index (χ0n) is 14.1. The molecule has 1 aliphatic rings. The number of nitrogens with one attached hydrogen (secondary N) is 1. The fourth-order valence-corrected chi connectivity index (χ4v) is 2.96. The van der Waals surface area contributed by atoms with Crippen LogP contribution in [-0.4, -0.2) is 20.7 Å². The van der Waals surface area contributed by atoms with Crippen LogP contribution in [0.1, 0.15) is 23.7 Å². The van der Waals surface area contributed by atoms with Crippen LogP contribution < -0.4 is 10.1 Å². The number of anilines is 1. The molecule has 3 aromatic rings. The lowest BCUT2D eigenvalue weighted by molar-refractivity contribution is -0.114. The Balaban J connectivity index is 1.65. The highest BCUT2D eigenvalue weighted by Crippen LogP contribution is 2.29. The molecule has 0 saturated carbocycles. The lowest BCUT2D eigenvalue weighted by Gasteiger charge is -2.09. The Hall–Kier alpha value is -3.15. The molecule has 6 heteroatoms. The summed E-state index contributed by atoms with van der Waals surface area (Å²) in [6.07, 6.45) is 3.65. The van der Waals surface area contributed by atoms with Gasteiger partial charge in [-0.2, -0.15) is 5.10 Å². The van der Waals surface area contributed by atoms with E-state index in [2.05, 4.69) is 16.4 Å². The SMILES string of the molecule is CC(=O)Nc1ccc2c(c1)OCc1cc(-c3cncc(C)c3)nn1C2. The van der Waals surface area contributed by atoms with Crippen molar-refractivity contribution in [3.05, 3.63) is 59.5 Å². The first kappa shape index (κ1) is 15.4. The highest BCUT2D eigenvalue weighted by molar-refractivity contribution is 5.88. The predicted molar refractivity (Wildman–Crippen MR) is 94.4 cm³/mol. The second-order valence-electron chi connectivity index (χ2n) is 6.22. The summed E-state index contributed by atoms with van der Waals surface area (Å²) in [7, 11) is 0. The largest absolute Gasteiger partial charge is 0.487 e. The number of benzene rings is 1. The Morgan fingerprint density at radius 1 is 1.24 bits per heavy atom. The number of carbonyl (C=O) groups is 1. The third-order valence-electron chi connectivity index (χ3n) is 4.12. The molecule has 0 saturated heterocycles. The minimum atomic E-state index is -0.0992. The van der Waals surface area contributed by atoms with E-state index in [0.29, 0.717) is 13.2 Å². The van der Waals surface area contributed by atoms with Gasteiger partial charge in [0, 0.05) is 42.2 Å². The van der Waals surface area contributed by atoms with E-state index in [1.807, 2.05) is 48.3 Å². The van der Waals surface area contributed by atoms with E-state index < -0.39 is 0 Å². The molecule has 6 nitrogen and oxygen atoms in total. The monoisotopic (exact) mass is 334 g/mol. The molecule has 1 amide bonds. The second-order valence-corrected chi connectivity index (χ2v) is 6.22. The van der Waals surface area contributed by atoms with Gasteiger partial charge in [0.05, 0.1) is 17.9 Å². The smallest absolute Gasteiger partial charge is 0.221 e. The minimum absolute atomic E-state index is 0.0992. The Bertz CT molecular complexity index is 962. The number of hydrogen-bond acceptors (Lipinski definition) is 4. The first-order chi connectivity index (χ1) is 12.1. The van der Waals surface area contributed by atoms with E-state index >= 15 is 0 Å². The lowest BCUT2D eigenvalue weighted by atomic mass is 10.1. The van der Waals surface area contributed by atoms with Crippen molar-refractivity contribution in [2.24, 2.45) is 0 Å². The van der Waals surface area contributed by atoms with Crippen molar-refractivity contribution in [2.45, 2.75) is 27.0 Å². The molecule has 1 aliphatic heterocycles. The zero-order chi connectivity index (χ0) is 17.4. The molecule has 0 bridgehead atoms. The first-order valence-corrected chi connectivity index (χ1v) is 8.10. The summed E-state index contributed by atoms with van der Waals surface area (Å²) in [5, 5.41) is 7.50. The molecule has 0 spiro atoms. The zero-order valence-corrected chi connectivity index (χ0v) is 14.1. The van der Waals surface area contributed by atoms with Gasteiger partial charge in [-0.25, -0.2) is 0 Å². The summed E-state index contributed by atoms with van der Waals surface area (Å²) in [6, 6.07) is 9.81. The Kier molecular flexibility index (Phi) is 3.72. The van der Waals surface area contributed by atoms with Crippen LogP contribution in [0, 0.1) is 6.92 Å². The molecule has 1 N–H and O–H groups in total. The third kappa shape index (κ3) is 3.10. The number of aromatic nitrogens is 3. The van der Waals surface area contributed by atoms with Gasteiger partial charge in [0.1, 0.15) is 12.4 Å². The van der Waals surface area contributed by atoms with E-state index in [1.165, 1.54) is 6.92 Å². The minimum Gasteiger partial charge on any atom is -0.487 e. The van der Waals surface area contributed by atoms with Gasteiger partial charge in [-0.05, 0) is 30.7 Å². The maximum Gasteiger partial charge on any atom is 0.221 e. The van der Waals surface area contributed by atoms with E-state index in [0.717, 1.165) is 39.5 Å². The van der Waals surface area contributed by atoms with Gasteiger partial charge in [0.25, 0.3) is 0 Å². The Morgan fingerprint density at radius 2 is 2.12 bits per heavy atom. The summed E-state index contributed by atoms with van der Waals surface area (Å²) < 4.78 is 7.90. The maximum absolute atomic E-state index is 11.2. The molecule has 25 heavy (non-hydrogen) atoms. The van der Waals surface area contributed by atoms with E-state index in [-0.39, 0.29) is 5.91 Å². The molecule has 0 fully saturated rings. The highest BCUT2D eigenvalue weighted by Gasteiger charge is 2.17. The normalized spacial score (nSPS) is 12.6. The van der Waals surface area contributed by atoms with Gasteiger partial charge in [0.15, 0.2) is 0 Å². The molecule has 0 atom stereocenters. The Labute approximate surface area is 145 Å². The summed E-state index contributed by atoms with van der Waals surface area (Å²) >= 11 is 0. The van der Waals surface area contributed by atoms with Crippen LogP contribution in [0.3, 0.4) is 0 Å². The lowest BCUT2D eigenvalue weighted by Crippen LogP contribution is -2.06. The van der Waals surface area contributed by atoms with Gasteiger partial charge in [0.2, 0.25) is 5.91 Å². The molecular weight excluding hydrogens is 316 g/mol. The van der Waals surface area contributed by atoms with Crippen molar-refractivity contribution in [3.63, 3.8) is 0 Å². The van der Waals surface area contributed by atoms with Crippen LogP contribution in [0.25, 0.3) is 11.3 Å². The van der Waals surface area contributed by atoms with Crippen molar-refractivity contribution < 1.29 is 9.53 Å². The fourth-order valence-electron chi connectivity index (χ4n) is 2.96. The van der Waals surface area contributed by atoms with Gasteiger partial charge in [-0.15, -0.1) is 0 Å². The number of ether oxygens (including phenoxy) is 1. The number of carbonyl (C=O) groups excluding carboxylic acids is 1. The Morgan fingerprint density at radius 3 is 2.92 bits per heavy atom. The predicted octanol–water partition coefficient (Wildman–Crippen LogP) is 3.15. The third-order valence-corrected chi connectivity index (χ3v) is 4.12. The quantitative estimate of drug-likeness (QED) is 0.781. The van der Waals surface area contributed by atoms with E-state index in [9.17, 15) is 4.79 Å². The average molecular weight is 334 g/mol. The standard InChI is InChI=1S/C19H18N4O2/c1-12-5-15(9-20-8-12)18-7-17-11-25-19-6-16(21-13(2)24)4-3-14(19)10-23(17)22-18/h3-9H,10-11H2,1-2H3,(H,21,24). The van der Waals surface area contributed by atoms with Crippen LogP contribution in [0.2, 0.25) is 0 Å². The van der Waals surface area contributed by atoms with E-state index in [1.54, 1.807) is 0 Å². The van der Waals surface area contributed by atoms with Gasteiger partial charge in [-0.3, -0.25) is 14.5 Å². The van der Waals surface area contributed by atoms with Crippen molar-refractivity contribution in [1.29, 1.82) is 0 Å². The molecule has 0 radical (unpaired) electrons. The highest BCUT2D eigenvalue weighted by atomic mass is 16.5. The molecular formula is C19H18N4O2. The number of hydrogen-bond donors (Lipinski definition) is 1. The number of amides is 1. The van der Waals surface area contributed by atoms with Crippen LogP contribution in [-0.2, 0) is 17.9 Å². The van der Waals surface area contributed by atoms with Gasteiger partial charge < -0.3 is 10.1 Å². The van der Waals surface area contributed by atoms with Gasteiger partial charge in [-0.1, -0.05) is 6.07 Å². The topological polar surface area (TPSA) is 69.0 Å². The van der Waals surface area contributed by atoms with Crippen molar-refractivity contribution in [2.75, 3.05) is 5.32 Å².